The molecule has 2 amide bonds. The van der Waals surface area contributed by atoms with Crippen LogP contribution in [0.1, 0.15) is 17.7 Å². The second-order valence-electron chi connectivity index (χ2n) is 4.17. The molecule has 1 aliphatic carbocycles. The first-order valence-electron chi connectivity index (χ1n) is 5.22. The number of hydrogen-bond acceptors (Lipinski definition) is 4. The summed E-state index contributed by atoms with van der Waals surface area (Å²) in [5, 5.41) is 14.6. The largest absolute Gasteiger partial charge is 0.481 e. The van der Waals surface area contributed by atoms with E-state index in [-0.39, 0.29) is 6.54 Å². The molecule has 1 saturated carbocycles. The molecule has 2 rings (SSSR count). The Hall–Kier alpha value is -1.63. The van der Waals surface area contributed by atoms with Crippen LogP contribution in [0.3, 0.4) is 0 Å². The average molecular weight is 255 g/mol. The van der Waals surface area contributed by atoms with Gasteiger partial charge < -0.3 is 10.4 Å². The van der Waals surface area contributed by atoms with Crippen molar-refractivity contribution in [1.82, 2.24) is 10.3 Å². The molecule has 92 valence electrons. The Bertz CT molecular complexity index is 453. The van der Waals surface area contributed by atoms with Crippen LogP contribution in [-0.2, 0) is 4.79 Å². The van der Waals surface area contributed by atoms with Crippen molar-refractivity contribution in [3.05, 3.63) is 11.1 Å². The minimum atomic E-state index is -0.845. The van der Waals surface area contributed by atoms with Gasteiger partial charge in [-0.2, -0.15) is 0 Å². The van der Waals surface area contributed by atoms with Crippen LogP contribution in [-0.4, -0.2) is 28.6 Å². The van der Waals surface area contributed by atoms with E-state index < -0.39 is 17.4 Å². The average Bonchev–Trinajstić information content (AvgIpc) is 2.96. The first-order chi connectivity index (χ1) is 8.02. The third-order valence-corrected chi connectivity index (χ3v) is 3.56. The lowest BCUT2D eigenvalue weighted by Gasteiger charge is -2.10. The number of carbonyl (C=O) groups is 2. The molecule has 17 heavy (non-hydrogen) atoms. The zero-order valence-corrected chi connectivity index (χ0v) is 10.1. The van der Waals surface area contributed by atoms with Crippen LogP contribution in [0.15, 0.2) is 6.20 Å². The molecular weight excluding hydrogens is 242 g/mol. The van der Waals surface area contributed by atoms with Crippen molar-refractivity contribution in [2.75, 3.05) is 11.9 Å². The predicted octanol–water partition coefficient (Wildman–Crippen LogP) is 1.44. The number of aromatic nitrogens is 1. The maximum atomic E-state index is 11.5. The number of hydrogen-bond donors (Lipinski definition) is 3. The predicted molar refractivity (Wildman–Crippen MR) is 63.2 cm³/mol. The highest BCUT2D eigenvalue weighted by molar-refractivity contribution is 7.15. The normalized spacial score (nSPS) is 16.3. The van der Waals surface area contributed by atoms with Crippen molar-refractivity contribution in [2.24, 2.45) is 5.41 Å². The lowest BCUT2D eigenvalue weighted by Crippen LogP contribution is -2.36. The van der Waals surface area contributed by atoms with Crippen molar-refractivity contribution in [3.8, 4) is 0 Å². The van der Waals surface area contributed by atoms with Crippen molar-refractivity contribution in [1.29, 1.82) is 0 Å². The summed E-state index contributed by atoms with van der Waals surface area (Å²) < 4.78 is 0. The molecule has 1 fully saturated rings. The standard InChI is InChI=1S/C10H13N3O3S/c1-6-4-11-9(17-6)13-8(16)12-5-10(2-3-10)7(14)15/h4H,2-3,5H2,1H3,(H,14,15)(H2,11,12,13,16). The number of nitrogens with one attached hydrogen (secondary N) is 2. The number of carboxylic acid groups (broad SMARTS) is 1. The molecule has 6 nitrogen and oxygen atoms in total. The van der Waals surface area contributed by atoms with E-state index in [9.17, 15) is 9.59 Å². The molecule has 3 N–H and O–H groups in total. The highest BCUT2D eigenvalue weighted by atomic mass is 32.1. The molecule has 0 radical (unpaired) electrons. The molecule has 1 aromatic rings. The van der Waals surface area contributed by atoms with Crippen LogP contribution in [0.5, 0.6) is 0 Å². The van der Waals surface area contributed by atoms with E-state index in [1.807, 2.05) is 6.92 Å². The monoisotopic (exact) mass is 255 g/mol. The number of aliphatic carboxylic acids is 1. The van der Waals surface area contributed by atoms with Gasteiger partial charge in [-0.3, -0.25) is 10.1 Å². The number of thiazole rings is 1. The minimum Gasteiger partial charge on any atom is -0.481 e. The first-order valence-corrected chi connectivity index (χ1v) is 6.04. The fourth-order valence-corrected chi connectivity index (χ4v) is 2.08. The van der Waals surface area contributed by atoms with Crippen molar-refractivity contribution in [2.45, 2.75) is 19.8 Å². The van der Waals surface area contributed by atoms with Crippen molar-refractivity contribution < 1.29 is 14.7 Å². The van der Waals surface area contributed by atoms with Crippen LogP contribution >= 0.6 is 11.3 Å². The van der Waals surface area contributed by atoms with E-state index in [0.717, 1.165) is 4.88 Å². The van der Waals surface area contributed by atoms with Crippen LogP contribution in [0, 0.1) is 12.3 Å². The fraction of sp³-hybridized carbons (Fsp3) is 0.500. The molecule has 7 heteroatoms. The van der Waals surface area contributed by atoms with Gasteiger partial charge in [-0.15, -0.1) is 11.3 Å². The van der Waals surface area contributed by atoms with Gasteiger partial charge in [0.1, 0.15) is 0 Å². The zero-order valence-electron chi connectivity index (χ0n) is 9.32. The number of nitrogens with zero attached hydrogens (tertiary/aromatic N) is 1. The van der Waals surface area contributed by atoms with Crippen molar-refractivity contribution in [3.63, 3.8) is 0 Å². The molecule has 0 aromatic carbocycles. The molecule has 0 bridgehead atoms. The van der Waals surface area contributed by atoms with E-state index in [2.05, 4.69) is 15.6 Å². The van der Waals surface area contributed by atoms with E-state index in [0.29, 0.717) is 18.0 Å². The number of carboxylic acids is 1. The molecule has 1 aromatic heterocycles. The summed E-state index contributed by atoms with van der Waals surface area (Å²) in [6, 6.07) is -0.410. The maximum Gasteiger partial charge on any atom is 0.321 e. The Balaban J connectivity index is 1.80. The third-order valence-electron chi connectivity index (χ3n) is 2.74. The lowest BCUT2D eigenvalue weighted by atomic mass is 10.1. The smallest absolute Gasteiger partial charge is 0.321 e. The topological polar surface area (TPSA) is 91.3 Å². The number of rotatable bonds is 4. The number of aryl methyl sites for hydroxylation is 1. The Morgan fingerprint density at radius 3 is 2.76 bits per heavy atom. The number of carbonyl (C=O) groups excluding carboxylic acids is 1. The lowest BCUT2D eigenvalue weighted by molar-refractivity contribution is -0.143. The molecule has 0 unspecified atom stereocenters. The highest BCUT2D eigenvalue weighted by Crippen LogP contribution is 2.45. The third kappa shape index (κ3) is 2.73. The summed E-state index contributed by atoms with van der Waals surface area (Å²) in [7, 11) is 0. The quantitative estimate of drug-likeness (QED) is 0.759. The molecule has 0 aliphatic heterocycles. The van der Waals surface area contributed by atoms with E-state index in [1.165, 1.54) is 11.3 Å². The Labute approximate surface area is 102 Å². The molecule has 1 aliphatic rings. The number of urea groups is 1. The Morgan fingerprint density at radius 1 is 1.59 bits per heavy atom. The van der Waals surface area contributed by atoms with Gasteiger partial charge in [0.2, 0.25) is 0 Å². The summed E-state index contributed by atoms with van der Waals surface area (Å²) in [5.74, 6) is -0.845. The van der Waals surface area contributed by atoms with Gasteiger partial charge >= 0.3 is 12.0 Å². The Kier molecular flexibility index (Phi) is 3.01. The highest BCUT2D eigenvalue weighted by Gasteiger charge is 2.50. The maximum absolute atomic E-state index is 11.5. The second kappa shape index (κ2) is 4.33. The molecule has 0 saturated heterocycles. The number of amides is 2. The Morgan fingerprint density at radius 2 is 2.29 bits per heavy atom. The summed E-state index contributed by atoms with van der Waals surface area (Å²) in [6.07, 6.45) is 2.91. The number of anilines is 1. The van der Waals surface area contributed by atoms with Gasteiger partial charge in [0.05, 0.1) is 5.41 Å². The molecule has 0 atom stereocenters. The SMILES string of the molecule is Cc1cnc(NC(=O)NCC2(C(=O)O)CC2)s1. The van der Waals surface area contributed by atoms with Crippen molar-refractivity contribution >= 4 is 28.5 Å². The zero-order chi connectivity index (χ0) is 12.5. The van der Waals surface area contributed by atoms with Gasteiger partial charge in [0.25, 0.3) is 0 Å². The fourth-order valence-electron chi connectivity index (χ4n) is 1.42. The van der Waals surface area contributed by atoms with Gasteiger partial charge in [-0.25, -0.2) is 9.78 Å². The first kappa shape index (κ1) is 11.8. The minimum absolute atomic E-state index is 0.165. The van der Waals surface area contributed by atoms with Gasteiger partial charge in [0.15, 0.2) is 5.13 Å². The summed E-state index contributed by atoms with van der Waals surface area (Å²) in [5.41, 5.74) is -0.740. The molecule has 0 spiro atoms. The van der Waals surface area contributed by atoms with Crippen LogP contribution in [0.4, 0.5) is 9.93 Å². The van der Waals surface area contributed by atoms with Gasteiger partial charge in [-0.05, 0) is 19.8 Å². The van der Waals surface area contributed by atoms with Gasteiger partial charge in [0, 0.05) is 17.6 Å². The van der Waals surface area contributed by atoms with E-state index in [4.69, 9.17) is 5.11 Å². The second-order valence-corrected chi connectivity index (χ2v) is 5.40. The van der Waals surface area contributed by atoms with Crippen LogP contribution in [0.25, 0.3) is 0 Å². The van der Waals surface area contributed by atoms with E-state index >= 15 is 0 Å². The van der Waals surface area contributed by atoms with Crippen LogP contribution < -0.4 is 10.6 Å². The molecular formula is C10H13N3O3S. The summed E-state index contributed by atoms with van der Waals surface area (Å²) in [6.45, 7) is 2.06. The molecule has 1 heterocycles. The summed E-state index contributed by atoms with van der Waals surface area (Å²) >= 11 is 1.37. The van der Waals surface area contributed by atoms with Gasteiger partial charge in [-0.1, -0.05) is 0 Å². The summed E-state index contributed by atoms with van der Waals surface area (Å²) in [4.78, 5) is 27.3. The van der Waals surface area contributed by atoms with E-state index in [1.54, 1.807) is 6.20 Å². The van der Waals surface area contributed by atoms with Crippen LogP contribution in [0.2, 0.25) is 0 Å².